The molecule has 3 heterocycles. The van der Waals surface area contributed by atoms with Crippen LogP contribution in [-0.4, -0.2) is 102 Å². The van der Waals surface area contributed by atoms with E-state index < -0.39 is 0 Å². The Labute approximate surface area is 245 Å². The van der Waals surface area contributed by atoms with E-state index in [1.807, 2.05) is 6.07 Å². The van der Waals surface area contributed by atoms with Crippen molar-refractivity contribution >= 4 is 17.5 Å². The average Bonchev–Trinajstić information content (AvgIpc) is 3.02. The molecule has 0 spiro atoms. The van der Waals surface area contributed by atoms with Crippen molar-refractivity contribution in [1.82, 2.24) is 35.7 Å². The van der Waals surface area contributed by atoms with Crippen LogP contribution in [0.1, 0.15) is 32.6 Å². The van der Waals surface area contributed by atoms with Gasteiger partial charge in [0.05, 0.1) is 58.1 Å². The van der Waals surface area contributed by atoms with Crippen molar-refractivity contribution in [3.63, 3.8) is 0 Å². The smallest absolute Gasteiger partial charge is 0.224 e. The van der Waals surface area contributed by atoms with E-state index >= 15 is 0 Å². The first-order chi connectivity index (χ1) is 20.7. The first-order valence-electron chi connectivity index (χ1n) is 14.0. The maximum absolute atomic E-state index is 12.3. The van der Waals surface area contributed by atoms with E-state index in [0.717, 1.165) is 13.0 Å². The van der Waals surface area contributed by atoms with Gasteiger partial charge in [0, 0.05) is 32.2 Å². The predicted octanol–water partition coefficient (Wildman–Crippen LogP) is 2.09. The molecule has 2 amide bonds. The molecule has 0 aliphatic heterocycles. The van der Waals surface area contributed by atoms with Gasteiger partial charge in [-0.3, -0.25) is 19.6 Å². The fourth-order valence-corrected chi connectivity index (χ4v) is 3.42. The van der Waals surface area contributed by atoms with E-state index in [1.54, 1.807) is 30.5 Å². The van der Waals surface area contributed by atoms with Gasteiger partial charge in [0.2, 0.25) is 23.5 Å². The van der Waals surface area contributed by atoms with E-state index in [9.17, 15) is 9.59 Å². The number of pyridine rings is 2. The van der Waals surface area contributed by atoms with Gasteiger partial charge in [0.15, 0.2) is 0 Å². The number of carbonyl (C=O) groups is 2. The van der Waals surface area contributed by atoms with Crippen molar-refractivity contribution in [2.75, 3.05) is 64.7 Å². The van der Waals surface area contributed by atoms with Crippen LogP contribution >= 0.6 is 0 Å². The molecule has 14 heteroatoms. The van der Waals surface area contributed by atoms with E-state index in [2.05, 4.69) is 47.9 Å². The Morgan fingerprint density at radius 3 is 1.86 bits per heavy atom. The Morgan fingerprint density at radius 2 is 1.29 bits per heavy atom. The standard InChI is InChI=1S/C28H38N8O6/c1-2-13-39-15-17-41-19-20-42-18-16-40-14-12-30-25(37)7-5-8-26(38)32-22-9-10-24(31-21-22)28-35-33-27(34-36-28)23-6-3-4-11-29-23/h3-4,6,9-11,21H,2,5,7-8,12-20H2,1H3,(H,30,37)(H,32,38). The third-order valence-electron chi connectivity index (χ3n) is 5.49. The molecule has 0 bridgehead atoms. The monoisotopic (exact) mass is 582 g/mol. The van der Waals surface area contributed by atoms with E-state index in [-0.39, 0.29) is 30.5 Å². The van der Waals surface area contributed by atoms with Gasteiger partial charge in [0.1, 0.15) is 11.4 Å². The number of aromatic nitrogens is 6. The van der Waals surface area contributed by atoms with Crippen LogP contribution in [0.15, 0.2) is 42.7 Å². The number of anilines is 1. The quantitative estimate of drug-likeness (QED) is 0.175. The van der Waals surface area contributed by atoms with E-state index in [4.69, 9.17) is 18.9 Å². The second-order valence-corrected chi connectivity index (χ2v) is 8.90. The fraction of sp³-hybridized carbons (Fsp3) is 0.500. The van der Waals surface area contributed by atoms with Gasteiger partial charge >= 0.3 is 0 Å². The van der Waals surface area contributed by atoms with Gasteiger partial charge < -0.3 is 29.6 Å². The molecule has 0 aliphatic carbocycles. The highest BCUT2D eigenvalue weighted by Crippen LogP contribution is 2.15. The Hall–Kier alpha value is -3.98. The molecule has 0 aromatic carbocycles. The molecular formula is C28H38N8O6. The summed E-state index contributed by atoms with van der Waals surface area (Å²) in [6, 6.07) is 8.74. The van der Waals surface area contributed by atoms with Crippen LogP contribution in [0, 0.1) is 0 Å². The third-order valence-corrected chi connectivity index (χ3v) is 5.49. The molecule has 0 atom stereocenters. The van der Waals surface area contributed by atoms with Gasteiger partial charge in [-0.1, -0.05) is 13.0 Å². The van der Waals surface area contributed by atoms with Gasteiger partial charge in [-0.15, -0.1) is 20.4 Å². The van der Waals surface area contributed by atoms with Crippen LogP contribution in [0.25, 0.3) is 23.0 Å². The number of carbonyl (C=O) groups excluding carboxylic acids is 2. The van der Waals surface area contributed by atoms with Crippen LogP contribution in [-0.2, 0) is 28.5 Å². The zero-order valence-corrected chi connectivity index (χ0v) is 23.9. The largest absolute Gasteiger partial charge is 0.379 e. The van der Waals surface area contributed by atoms with Crippen molar-refractivity contribution < 1.29 is 28.5 Å². The summed E-state index contributed by atoms with van der Waals surface area (Å²) in [5.74, 6) is 0.218. The summed E-state index contributed by atoms with van der Waals surface area (Å²) in [6.07, 6.45) is 4.99. The minimum Gasteiger partial charge on any atom is -0.379 e. The number of nitrogens with zero attached hydrogens (tertiary/aromatic N) is 6. The lowest BCUT2D eigenvalue weighted by Crippen LogP contribution is -2.27. The zero-order valence-electron chi connectivity index (χ0n) is 23.9. The summed E-state index contributed by atoms with van der Waals surface area (Å²) < 4.78 is 21.6. The van der Waals surface area contributed by atoms with Crippen molar-refractivity contribution in [2.45, 2.75) is 32.6 Å². The van der Waals surface area contributed by atoms with Crippen LogP contribution in [0.5, 0.6) is 0 Å². The first-order valence-corrected chi connectivity index (χ1v) is 14.0. The maximum atomic E-state index is 12.3. The Kier molecular flexibility index (Phi) is 15.5. The SMILES string of the molecule is CCCOCCOCCOCCOCCNC(=O)CCCC(=O)Nc1ccc(-c2nnc(-c3ccccn3)nn2)nc1. The Morgan fingerprint density at radius 1 is 0.690 bits per heavy atom. The number of amides is 2. The molecule has 0 radical (unpaired) electrons. The van der Waals surface area contributed by atoms with Crippen LogP contribution in [0.2, 0.25) is 0 Å². The lowest BCUT2D eigenvalue weighted by Gasteiger charge is -2.08. The summed E-state index contributed by atoms with van der Waals surface area (Å²) >= 11 is 0. The van der Waals surface area contributed by atoms with Crippen molar-refractivity contribution in [3.05, 3.63) is 42.7 Å². The number of nitrogens with one attached hydrogen (secondary N) is 2. The molecule has 0 fully saturated rings. The summed E-state index contributed by atoms with van der Waals surface area (Å²) in [6.45, 7) is 6.66. The van der Waals surface area contributed by atoms with Crippen molar-refractivity contribution in [2.24, 2.45) is 0 Å². The number of ether oxygens (including phenoxy) is 4. The minimum absolute atomic E-state index is 0.134. The zero-order chi connectivity index (χ0) is 29.7. The highest BCUT2D eigenvalue weighted by Gasteiger charge is 2.10. The summed E-state index contributed by atoms with van der Waals surface area (Å²) in [7, 11) is 0. The van der Waals surface area contributed by atoms with Gasteiger partial charge in [-0.2, -0.15) is 0 Å². The minimum atomic E-state index is -0.213. The van der Waals surface area contributed by atoms with Crippen LogP contribution < -0.4 is 10.6 Å². The average molecular weight is 583 g/mol. The Bertz CT molecular complexity index is 1170. The second kappa shape index (κ2) is 20.0. The molecule has 42 heavy (non-hydrogen) atoms. The molecule has 0 aliphatic rings. The summed E-state index contributed by atoms with van der Waals surface area (Å²) in [5, 5.41) is 21.8. The second-order valence-electron chi connectivity index (χ2n) is 8.90. The normalized spacial score (nSPS) is 10.9. The molecule has 0 saturated heterocycles. The molecule has 14 nitrogen and oxygen atoms in total. The molecule has 226 valence electrons. The number of hydrogen-bond donors (Lipinski definition) is 2. The fourth-order valence-electron chi connectivity index (χ4n) is 3.42. The molecule has 0 unspecified atom stereocenters. The van der Waals surface area contributed by atoms with Crippen molar-refractivity contribution in [1.29, 1.82) is 0 Å². The van der Waals surface area contributed by atoms with Crippen LogP contribution in [0.3, 0.4) is 0 Å². The summed E-state index contributed by atoms with van der Waals surface area (Å²) in [5.41, 5.74) is 1.55. The van der Waals surface area contributed by atoms with Crippen LogP contribution in [0.4, 0.5) is 5.69 Å². The summed E-state index contributed by atoms with van der Waals surface area (Å²) in [4.78, 5) is 32.7. The first kappa shape index (κ1) is 32.5. The Balaban J connectivity index is 1.19. The van der Waals surface area contributed by atoms with E-state index in [0.29, 0.717) is 82.1 Å². The molecule has 2 N–H and O–H groups in total. The predicted molar refractivity (Wildman–Crippen MR) is 153 cm³/mol. The topological polar surface area (TPSA) is 172 Å². The molecule has 3 aromatic rings. The third kappa shape index (κ3) is 13.1. The maximum Gasteiger partial charge on any atom is 0.224 e. The lowest BCUT2D eigenvalue weighted by molar-refractivity contribution is -0.121. The number of hydrogen-bond acceptors (Lipinski definition) is 12. The molecule has 3 rings (SSSR count). The molecular weight excluding hydrogens is 544 g/mol. The molecule has 3 aromatic heterocycles. The van der Waals surface area contributed by atoms with E-state index in [1.165, 1.54) is 6.20 Å². The highest BCUT2D eigenvalue weighted by atomic mass is 16.6. The lowest BCUT2D eigenvalue weighted by atomic mass is 10.2. The van der Waals surface area contributed by atoms with Gasteiger partial charge in [0.25, 0.3) is 0 Å². The van der Waals surface area contributed by atoms with Gasteiger partial charge in [-0.25, -0.2) is 0 Å². The van der Waals surface area contributed by atoms with Gasteiger partial charge in [-0.05, 0) is 37.1 Å². The number of rotatable bonds is 21. The van der Waals surface area contributed by atoms with Crippen molar-refractivity contribution in [3.8, 4) is 23.0 Å². The molecule has 0 saturated carbocycles. The highest BCUT2D eigenvalue weighted by molar-refractivity contribution is 5.91.